The van der Waals surface area contributed by atoms with Crippen molar-refractivity contribution < 1.29 is 0 Å². The lowest BCUT2D eigenvalue weighted by Crippen LogP contribution is -2.12. The average Bonchev–Trinajstić information content (AvgIpc) is 2.48. The molecule has 2 rings (SSSR count). The molecule has 0 amide bonds. The number of thiophene rings is 1. The Labute approximate surface area is 88.0 Å². The minimum atomic E-state index is 0.617. The first kappa shape index (κ1) is 9.16. The Kier molecular flexibility index (Phi) is 2.65. The molecule has 0 fully saturated rings. The fourth-order valence-electron chi connectivity index (χ4n) is 1.90. The molecule has 0 bridgehead atoms. The second-order valence-electron chi connectivity index (χ2n) is 3.51. The number of hydrogen-bond donors (Lipinski definition) is 1. The highest BCUT2D eigenvalue weighted by atomic mass is 32.1. The maximum absolute atomic E-state index is 5.55. The van der Waals surface area contributed by atoms with Gasteiger partial charge in [0.2, 0.25) is 0 Å². The Bertz CT molecular complexity index is 328. The molecule has 0 spiro atoms. The van der Waals surface area contributed by atoms with Crippen molar-refractivity contribution in [3.8, 4) is 0 Å². The molecule has 70 valence electrons. The van der Waals surface area contributed by atoms with E-state index >= 15 is 0 Å². The van der Waals surface area contributed by atoms with Gasteiger partial charge in [-0.05, 0) is 42.2 Å². The summed E-state index contributed by atoms with van der Waals surface area (Å²) in [6.45, 7) is 0. The van der Waals surface area contributed by atoms with Crippen LogP contribution in [-0.2, 0) is 19.3 Å². The van der Waals surface area contributed by atoms with Crippen molar-refractivity contribution in [3.05, 3.63) is 21.4 Å². The molecule has 0 radical (unpaired) electrons. The SMILES string of the molecule is NC(=S)Cc1csc2c1CCCC2. The predicted octanol–water partition coefficient (Wildman–Crippen LogP) is 2.46. The second-order valence-corrected chi connectivity index (χ2v) is 5.00. The first-order valence-electron chi connectivity index (χ1n) is 4.64. The van der Waals surface area contributed by atoms with E-state index in [2.05, 4.69) is 5.38 Å². The van der Waals surface area contributed by atoms with Gasteiger partial charge in [0, 0.05) is 11.3 Å². The van der Waals surface area contributed by atoms with Crippen LogP contribution in [0, 0.1) is 0 Å². The Morgan fingerprint density at radius 3 is 3.00 bits per heavy atom. The zero-order chi connectivity index (χ0) is 9.26. The van der Waals surface area contributed by atoms with Gasteiger partial charge >= 0.3 is 0 Å². The molecule has 0 unspecified atom stereocenters. The molecule has 1 heterocycles. The van der Waals surface area contributed by atoms with Gasteiger partial charge in [-0.1, -0.05) is 12.2 Å². The lowest BCUT2D eigenvalue weighted by molar-refractivity contribution is 0.693. The lowest BCUT2D eigenvalue weighted by atomic mass is 9.95. The van der Waals surface area contributed by atoms with Crippen molar-refractivity contribution in [2.45, 2.75) is 32.1 Å². The van der Waals surface area contributed by atoms with Crippen molar-refractivity contribution >= 4 is 28.5 Å². The van der Waals surface area contributed by atoms with Crippen LogP contribution < -0.4 is 5.73 Å². The summed E-state index contributed by atoms with van der Waals surface area (Å²) in [6.07, 6.45) is 5.96. The van der Waals surface area contributed by atoms with Gasteiger partial charge in [0.1, 0.15) is 0 Å². The van der Waals surface area contributed by atoms with E-state index in [1.807, 2.05) is 11.3 Å². The van der Waals surface area contributed by atoms with Crippen LogP contribution in [0.4, 0.5) is 0 Å². The number of hydrogen-bond acceptors (Lipinski definition) is 2. The molecule has 1 aliphatic carbocycles. The third-order valence-electron chi connectivity index (χ3n) is 2.51. The minimum absolute atomic E-state index is 0.617. The standard InChI is InChI=1S/C10H13NS2/c11-10(12)5-7-6-13-9-4-2-1-3-8(7)9/h6H,1-5H2,(H2,11,12). The van der Waals surface area contributed by atoms with E-state index in [0.717, 1.165) is 6.42 Å². The fraction of sp³-hybridized carbons (Fsp3) is 0.500. The monoisotopic (exact) mass is 211 g/mol. The normalized spacial score (nSPS) is 15.4. The Hall–Kier alpha value is -0.410. The zero-order valence-electron chi connectivity index (χ0n) is 7.51. The van der Waals surface area contributed by atoms with Crippen molar-refractivity contribution in [2.24, 2.45) is 5.73 Å². The van der Waals surface area contributed by atoms with E-state index < -0.39 is 0 Å². The van der Waals surface area contributed by atoms with Crippen molar-refractivity contribution in [1.29, 1.82) is 0 Å². The third-order valence-corrected chi connectivity index (χ3v) is 3.79. The molecule has 1 nitrogen and oxygen atoms in total. The van der Waals surface area contributed by atoms with E-state index in [4.69, 9.17) is 18.0 Å². The minimum Gasteiger partial charge on any atom is -0.393 e. The quantitative estimate of drug-likeness (QED) is 0.760. The van der Waals surface area contributed by atoms with Gasteiger partial charge < -0.3 is 5.73 Å². The first-order chi connectivity index (χ1) is 6.27. The highest BCUT2D eigenvalue weighted by Gasteiger charge is 2.15. The van der Waals surface area contributed by atoms with E-state index in [1.54, 1.807) is 10.4 Å². The summed E-state index contributed by atoms with van der Waals surface area (Å²) in [6, 6.07) is 0. The summed E-state index contributed by atoms with van der Waals surface area (Å²) in [5.74, 6) is 0. The predicted molar refractivity (Wildman–Crippen MR) is 61.5 cm³/mol. The highest BCUT2D eigenvalue weighted by molar-refractivity contribution is 7.80. The summed E-state index contributed by atoms with van der Waals surface area (Å²) < 4.78 is 0. The average molecular weight is 211 g/mol. The molecule has 1 aliphatic rings. The number of fused-ring (bicyclic) bond motifs is 1. The van der Waals surface area contributed by atoms with Crippen LogP contribution in [0.1, 0.15) is 28.8 Å². The van der Waals surface area contributed by atoms with Gasteiger partial charge in [0.05, 0.1) is 4.99 Å². The van der Waals surface area contributed by atoms with Crippen LogP contribution >= 0.6 is 23.6 Å². The molecule has 0 saturated heterocycles. The Morgan fingerprint density at radius 1 is 1.46 bits per heavy atom. The smallest absolute Gasteiger partial charge is 0.0772 e. The Balaban J connectivity index is 2.26. The molecule has 0 saturated carbocycles. The summed E-state index contributed by atoms with van der Waals surface area (Å²) in [7, 11) is 0. The van der Waals surface area contributed by atoms with Gasteiger partial charge in [-0.3, -0.25) is 0 Å². The molecule has 13 heavy (non-hydrogen) atoms. The number of nitrogens with two attached hydrogens (primary N) is 1. The molecule has 1 aromatic rings. The molecule has 0 atom stereocenters. The van der Waals surface area contributed by atoms with Crippen LogP contribution in [0.3, 0.4) is 0 Å². The van der Waals surface area contributed by atoms with Gasteiger partial charge in [-0.2, -0.15) is 0 Å². The lowest BCUT2D eigenvalue weighted by Gasteiger charge is -2.12. The zero-order valence-corrected chi connectivity index (χ0v) is 9.14. The molecule has 0 aliphatic heterocycles. The molecule has 3 heteroatoms. The van der Waals surface area contributed by atoms with Crippen molar-refractivity contribution in [2.75, 3.05) is 0 Å². The molecule has 0 aromatic carbocycles. The van der Waals surface area contributed by atoms with Crippen LogP contribution in [-0.4, -0.2) is 4.99 Å². The van der Waals surface area contributed by atoms with Crippen LogP contribution in [0.15, 0.2) is 5.38 Å². The first-order valence-corrected chi connectivity index (χ1v) is 5.92. The van der Waals surface area contributed by atoms with Crippen molar-refractivity contribution in [3.63, 3.8) is 0 Å². The van der Waals surface area contributed by atoms with E-state index in [0.29, 0.717) is 4.99 Å². The largest absolute Gasteiger partial charge is 0.393 e. The van der Waals surface area contributed by atoms with E-state index in [9.17, 15) is 0 Å². The summed E-state index contributed by atoms with van der Waals surface area (Å²) >= 11 is 6.81. The highest BCUT2D eigenvalue weighted by Crippen LogP contribution is 2.30. The van der Waals surface area contributed by atoms with Crippen LogP contribution in [0.2, 0.25) is 0 Å². The Morgan fingerprint density at radius 2 is 2.23 bits per heavy atom. The van der Waals surface area contributed by atoms with Gasteiger partial charge in [0.15, 0.2) is 0 Å². The molecular formula is C10H13NS2. The van der Waals surface area contributed by atoms with Gasteiger partial charge in [0.25, 0.3) is 0 Å². The van der Waals surface area contributed by atoms with Gasteiger partial charge in [-0.15, -0.1) is 11.3 Å². The number of rotatable bonds is 2. The van der Waals surface area contributed by atoms with Crippen LogP contribution in [0.5, 0.6) is 0 Å². The second kappa shape index (κ2) is 3.76. The molecular weight excluding hydrogens is 198 g/mol. The van der Waals surface area contributed by atoms with Gasteiger partial charge in [-0.25, -0.2) is 0 Å². The van der Waals surface area contributed by atoms with Crippen LogP contribution in [0.25, 0.3) is 0 Å². The summed E-state index contributed by atoms with van der Waals surface area (Å²) in [4.78, 5) is 2.18. The summed E-state index contributed by atoms with van der Waals surface area (Å²) in [5.41, 5.74) is 8.48. The van der Waals surface area contributed by atoms with Crippen molar-refractivity contribution in [1.82, 2.24) is 0 Å². The topological polar surface area (TPSA) is 26.0 Å². The van der Waals surface area contributed by atoms with E-state index in [-0.39, 0.29) is 0 Å². The maximum Gasteiger partial charge on any atom is 0.0772 e. The maximum atomic E-state index is 5.55. The molecule has 1 aromatic heterocycles. The van der Waals surface area contributed by atoms with E-state index in [1.165, 1.54) is 31.2 Å². The fourth-order valence-corrected chi connectivity index (χ4v) is 3.20. The summed E-state index contributed by atoms with van der Waals surface area (Å²) in [5, 5.41) is 2.23. The third kappa shape index (κ3) is 1.92. The number of thiocarbonyl (C=S) groups is 1. The molecule has 2 N–H and O–H groups in total. The number of aryl methyl sites for hydroxylation is 1.